The molecule has 0 aliphatic heterocycles. The van der Waals surface area contributed by atoms with Gasteiger partial charge in [0.2, 0.25) is 0 Å². The fourth-order valence-corrected chi connectivity index (χ4v) is 12.0. The molecule has 0 heterocycles. The van der Waals surface area contributed by atoms with Gasteiger partial charge >= 0.3 is 11.9 Å². The Labute approximate surface area is 224 Å². The van der Waals surface area contributed by atoms with Crippen molar-refractivity contribution in [3.63, 3.8) is 0 Å². The van der Waals surface area contributed by atoms with E-state index < -0.39 is 5.41 Å². The number of carbonyl (C=O) groups is 3. The standard InChI is InChI=1S/C32H50O5/c1-19(33)21-11-16-32(27(35)36-8)18-17-30(6)22(26(21)32)9-10-24-29(5)14-13-25(37-20(2)34)28(3,4)23(29)12-15-31(24,30)7/h21-26H,9-18H2,1-8H3/t21-,22+,23-,24+,25-,26+,29-,30+,31+,32-/m0/s1. The number of fused-ring (bicyclic) bond motifs is 7. The fraction of sp³-hybridized carbons (Fsp3) is 0.906. The Bertz CT molecular complexity index is 986. The lowest BCUT2D eigenvalue weighted by Crippen LogP contribution is -2.67. The average Bonchev–Trinajstić information content (AvgIpc) is 3.22. The minimum atomic E-state index is -0.482. The first-order valence-corrected chi connectivity index (χ1v) is 14.9. The summed E-state index contributed by atoms with van der Waals surface area (Å²) in [6, 6.07) is 0. The maximum Gasteiger partial charge on any atom is 0.312 e. The van der Waals surface area contributed by atoms with E-state index in [1.807, 2.05) is 0 Å². The van der Waals surface area contributed by atoms with Crippen molar-refractivity contribution in [2.75, 3.05) is 7.11 Å². The highest BCUT2D eigenvalue weighted by Crippen LogP contribution is 2.77. The number of ketones is 1. The van der Waals surface area contributed by atoms with E-state index in [-0.39, 0.29) is 57.3 Å². The minimum Gasteiger partial charge on any atom is -0.469 e. The third-order valence-electron chi connectivity index (χ3n) is 13.8. The topological polar surface area (TPSA) is 69.7 Å². The van der Waals surface area contributed by atoms with Crippen LogP contribution in [0.2, 0.25) is 0 Å². The Balaban J connectivity index is 1.52. The van der Waals surface area contributed by atoms with E-state index in [0.717, 1.165) is 57.8 Å². The predicted molar refractivity (Wildman–Crippen MR) is 142 cm³/mol. The van der Waals surface area contributed by atoms with Crippen molar-refractivity contribution in [2.24, 2.45) is 56.7 Å². The molecular weight excluding hydrogens is 464 g/mol. The largest absolute Gasteiger partial charge is 0.469 e. The Morgan fingerprint density at radius 1 is 0.730 bits per heavy atom. The van der Waals surface area contributed by atoms with Gasteiger partial charge in [0.05, 0.1) is 12.5 Å². The molecule has 0 amide bonds. The molecule has 0 radical (unpaired) electrons. The summed E-state index contributed by atoms with van der Waals surface area (Å²) in [4.78, 5) is 38.2. The third-order valence-corrected chi connectivity index (χ3v) is 13.8. The van der Waals surface area contributed by atoms with Crippen LogP contribution in [0, 0.1) is 56.7 Å². The van der Waals surface area contributed by atoms with E-state index in [1.165, 1.54) is 13.5 Å². The van der Waals surface area contributed by atoms with Crippen LogP contribution >= 0.6 is 0 Å². The number of methoxy groups -OCH3 is 1. The molecule has 5 saturated carbocycles. The third kappa shape index (κ3) is 3.43. The lowest BCUT2D eigenvalue weighted by molar-refractivity contribution is -0.250. The highest BCUT2D eigenvalue weighted by molar-refractivity contribution is 5.84. The van der Waals surface area contributed by atoms with E-state index in [4.69, 9.17) is 9.47 Å². The molecule has 0 spiro atoms. The Hall–Kier alpha value is -1.39. The zero-order chi connectivity index (χ0) is 27.2. The lowest BCUT2D eigenvalue weighted by Gasteiger charge is -2.72. The number of hydrogen-bond donors (Lipinski definition) is 0. The van der Waals surface area contributed by atoms with Crippen molar-refractivity contribution in [1.82, 2.24) is 0 Å². The molecule has 37 heavy (non-hydrogen) atoms. The molecule has 208 valence electrons. The van der Waals surface area contributed by atoms with Gasteiger partial charge in [0, 0.05) is 18.3 Å². The van der Waals surface area contributed by atoms with Crippen molar-refractivity contribution in [2.45, 2.75) is 119 Å². The molecule has 0 bridgehead atoms. The van der Waals surface area contributed by atoms with Gasteiger partial charge in [0.25, 0.3) is 0 Å². The van der Waals surface area contributed by atoms with Crippen LogP contribution in [0.25, 0.3) is 0 Å². The van der Waals surface area contributed by atoms with E-state index >= 15 is 0 Å². The second-order valence-corrected chi connectivity index (χ2v) is 15.1. The molecular formula is C32H50O5. The maximum absolute atomic E-state index is 13.3. The van der Waals surface area contributed by atoms with E-state index in [2.05, 4.69) is 34.6 Å². The molecule has 5 aliphatic rings. The second-order valence-electron chi connectivity index (χ2n) is 15.1. The molecule has 0 aromatic carbocycles. The zero-order valence-corrected chi connectivity index (χ0v) is 24.6. The molecule has 10 atom stereocenters. The molecule has 0 aromatic heterocycles. The molecule has 5 fully saturated rings. The summed E-state index contributed by atoms with van der Waals surface area (Å²) >= 11 is 0. The van der Waals surface area contributed by atoms with Gasteiger partial charge in [-0.2, -0.15) is 0 Å². The molecule has 0 aromatic rings. The van der Waals surface area contributed by atoms with Crippen LogP contribution in [0.1, 0.15) is 113 Å². The van der Waals surface area contributed by atoms with Crippen molar-refractivity contribution in [1.29, 1.82) is 0 Å². The van der Waals surface area contributed by atoms with Crippen molar-refractivity contribution < 1.29 is 23.9 Å². The van der Waals surface area contributed by atoms with E-state index in [1.54, 1.807) is 13.8 Å². The molecule has 5 heteroatoms. The smallest absolute Gasteiger partial charge is 0.312 e. The Kier molecular flexibility index (Phi) is 6.28. The summed E-state index contributed by atoms with van der Waals surface area (Å²) in [6.07, 6.45) is 10.1. The van der Waals surface area contributed by atoms with Gasteiger partial charge in [-0.1, -0.05) is 34.6 Å². The van der Waals surface area contributed by atoms with Gasteiger partial charge < -0.3 is 9.47 Å². The first-order chi connectivity index (χ1) is 17.2. The van der Waals surface area contributed by atoms with Crippen LogP contribution in [-0.2, 0) is 23.9 Å². The normalized spacial score (nSPS) is 50.1. The summed E-state index contributed by atoms with van der Waals surface area (Å²) in [7, 11) is 1.53. The van der Waals surface area contributed by atoms with Crippen LogP contribution in [0.15, 0.2) is 0 Å². The average molecular weight is 515 g/mol. The van der Waals surface area contributed by atoms with Crippen LogP contribution in [-0.4, -0.2) is 30.9 Å². The Morgan fingerprint density at radius 2 is 1.43 bits per heavy atom. The first kappa shape index (κ1) is 27.2. The fourth-order valence-electron chi connectivity index (χ4n) is 12.0. The monoisotopic (exact) mass is 514 g/mol. The summed E-state index contributed by atoms with van der Waals surface area (Å²) in [6.45, 7) is 15.6. The van der Waals surface area contributed by atoms with Crippen LogP contribution in [0.4, 0.5) is 0 Å². The van der Waals surface area contributed by atoms with E-state index in [0.29, 0.717) is 17.8 Å². The summed E-state index contributed by atoms with van der Waals surface area (Å²) < 4.78 is 11.3. The first-order valence-electron chi connectivity index (χ1n) is 14.9. The second kappa shape index (κ2) is 8.55. The quantitative estimate of drug-likeness (QED) is 0.389. The van der Waals surface area contributed by atoms with Crippen LogP contribution in [0.3, 0.4) is 0 Å². The molecule has 5 aliphatic carbocycles. The number of carbonyl (C=O) groups excluding carboxylic acids is 3. The minimum absolute atomic E-state index is 0.00970. The van der Waals surface area contributed by atoms with Gasteiger partial charge in [-0.15, -0.1) is 0 Å². The number of esters is 2. The Morgan fingerprint density at radius 3 is 2.05 bits per heavy atom. The van der Waals surface area contributed by atoms with Crippen molar-refractivity contribution in [3.05, 3.63) is 0 Å². The van der Waals surface area contributed by atoms with Crippen LogP contribution < -0.4 is 0 Å². The molecule has 5 rings (SSSR count). The highest BCUT2D eigenvalue weighted by Gasteiger charge is 2.72. The molecule has 0 saturated heterocycles. The zero-order valence-electron chi connectivity index (χ0n) is 24.6. The highest BCUT2D eigenvalue weighted by atomic mass is 16.5. The molecule has 5 nitrogen and oxygen atoms in total. The predicted octanol–water partition coefficient (Wildman–Crippen LogP) is 6.76. The SMILES string of the molecule is COC(=O)[C@]12CC[C@@H](C(C)=O)[C@@H]1[C@H]1CC[C@@H]3[C@@]4(C)CC[C@H](OC(C)=O)C(C)(C)[C@@H]4CC[C@@]3(C)[C@]1(C)CC2. The molecule has 0 unspecified atom stereocenters. The van der Waals surface area contributed by atoms with Gasteiger partial charge in [-0.05, 0) is 111 Å². The maximum atomic E-state index is 13.3. The van der Waals surface area contributed by atoms with Gasteiger partial charge in [-0.3, -0.25) is 14.4 Å². The number of Topliss-reactive ketones (excluding diaryl/α,β-unsaturated/α-hetero) is 1. The number of rotatable bonds is 3. The lowest BCUT2D eigenvalue weighted by atomic mass is 9.32. The summed E-state index contributed by atoms with van der Waals surface area (Å²) in [5, 5.41) is 0. The van der Waals surface area contributed by atoms with E-state index in [9.17, 15) is 14.4 Å². The van der Waals surface area contributed by atoms with Gasteiger partial charge in [0.15, 0.2) is 0 Å². The number of ether oxygens (including phenoxy) is 2. The molecule has 0 N–H and O–H groups in total. The summed E-state index contributed by atoms with van der Waals surface area (Å²) in [5.74, 6) is 1.60. The number of hydrogen-bond acceptors (Lipinski definition) is 5. The summed E-state index contributed by atoms with van der Waals surface area (Å²) in [5.41, 5.74) is -0.0639. The van der Waals surface area contributed by atoms with Crippen LogP contribution in [0.5, 0.6) is 0 Å². The van der Waals surface area contributed by atoms with Gasteiger partial charge in [0.1, 0.15) is 11.9 Å². The van der Waals surface area contributed by atoms with Gasteiger partial charge in [-0.25, -0.2) is 0 Å². The van der Waals surface area contributed by atoms with Crippen molar-refractivity contribution >= 4 is 17.7 Å². The van der Waals surface area contributed by atoms with Crippen molar-refractivity contribution in [3.8, 4) is 0 Å².